The van der Waals surface area contributed by atoms with Crippen molar-refractivity contribution in [3.8, 4) is 22.6 Å². The number of aliphatic hydroxyl groups excluding tert-OH is 1. The van der Waals surface area contributed by atoms with Crippen molar-refractivity contribution in [2.75, 3.05) is 5.75 Å². The number of nitrogens with one attached hydrogen (secondary N) is 2. The Kier molecular flexibility index (Phi) is 13.5. The third-order valence-corrected chi connectivity index (χ3v) is 11.7. The predicted molar refractivity (Wildman–Crippen MR) is 238 cm³/mol. The summed E-state index contributed by atoms with van der Waals surface area (Å²) in [5.74, 6) is 0.902. The molecular weight excluding hydrogens is 783 g/mol. The molecule has 0 aliphatic carbocycles. The van der Waals surface area contributed by atoms with E-state index >= 15 is 0 Å². The third kappa shape index (κ3) is 10.4. The van der Waals surface area contributed by atoms with E-state index in [1.54, 1.807) is 0 Å². The number of nitrogens with zero attached hydrogens (tertiary/aromatic N) is 1. The monoisotopic (exact) mass is 829 g/mol. The van der Waals surface area contributed by atoms with Gasteiger partial charge in [0.25, 0.3) is 5.22 Å². The average Bonchev–Trinajstić information content (AvgIpc) is 3.75. The van der Waals surface area contributed by atoms with Crippen LogP contribution in [-0.4, -0.2) is 39.8 Å². The zero-order valence-electron chi connectivity index (χ0n) is 33.7. The first-order chi connectivity index (χ1) is 29.9. The molecule has 1 unspecified atom stereocenters. The number of carbonyl (C=O) groups is 2. The summed E-state index contributed by atoms with van der Waals surface area (Å²) in [5, 5.41) is 16.1. The van der Waals surface area contributed by atoms with Crippen molar-refractivity contribution in [1.82, 2.24) is 15.6 Å². The average molecular weight is 830 g/mol. The zero-order chi connectivity index (χ0) is 42.0. The molecule has 2 heterocycles. The molecule has 8 rings (SSSR count). The van der Waals surface area contributed by atoms with E-state index in [-0.39, 0.29) is 31.0 Å². The van der Waals surface area contributed by atoms with Crippen LogP contribution in [0.5, 0.6) is 0 Å². The van der Waals surface area contributed by atoms with Gasteiger partial charge >= 0.3 is 6.03 Å². The largest absolute Gasteiger partial charge is 0.431 e. The van der Waals surface area contributed by atoms with Crippen molar-refractivity contribution >= 4 is 23.6 Å². The number of Topliss-reactive ketones (excluding diaryl/α,β-unsaturated/α-hetero) is 1. The molecule has 61 heavy (non-hydrogen) atoms. The van der Waals surface area contributed by atoms with E-state index < -0.39 is 24.5 Å². The van der Waals surface area contributed by atoms with E-state index in [1.165, 1.54) is 18.7 Å². The van der Waals surface area contributed by atoms with Crippen molar-refractivity contribution in [3.05, 3.63) is 203 Å². The highest BCUT2D eigenvalue weighted by Gasteiger charge is 2.42. The summed E-state index contributed by atoms with van der Waals surface area (Å²) < 4.78 is 20.4. The number of amides is 2. The van der Waals surface area contributed by atoms with Crippen LogP contribution in [0.15, 0.2) is 179 Å². The first-order valence-corrected chi connectivity index (χ1v) is 21.4. The second-order valence-corrected chi connectivity index (χ2v) is 16.0. The number of hydrogen-bond acceptors (Lipinski definition) is 8. The Bertz CT molecular complexity index is 2430. The number of carbonyl (C=O) groups excluding carboxylic acids is 2. The van der Waals surface area contributed by atoms with E-state index in [0.717, 1.165) is 50.2 Å². The number of thioether (sulfide) groups is 1. The fourth-order valence-corrected chi connectivity index (χ4v) is 8.47. The molecule has 2 amide bonds. The van der Waals surface area contributed by atoms with Crippen LogP contribution < -0.4 is 10.6 Å². The molecule has 3 N–H and O–H groups in total. The minimum Gasteiger partial charge on any atom is -0.431 e. The Morgan fingerprint density at radius 1 is 0.672 bits per heavy atom. The molecule has 0 bridgehead atoms. The number of aliphatic hydroxyl groups is 1. The van der Waals surface area contributed by atoms with Crippen LogP contribution >= 0.6 is 11.8 Å². The number of oxazole rings is 1. The first-order valence-electron chi connectivity index (χ1n) is 20.4. The van der Waals surface area contributed by atoms with Gasteiger partial charge in [0.05, 0.1) is 24.9 Å². The normalized spacial score (nSPS) is 17.9. The number of ketones is 1. The lowest BCUT2D eigenvalue weighted by atomic mass is 9.84. The van der Waals surface area contributed by atoms with E-state index in [0.29, 0.717) is 23.2 Å². The number of benzene rings is 6. The molecule has 0 saturated carbocycles. The van der Waals surface area contributed by atoms with Gasteiger partial charge in [0, 0.05) is 34.9 Å². The maximum absolute atomic E-state index is 12.9. The van der Waals surface area contributed by atoms with Crippen LogP contribution in [0.2, 0.25) is 0 Å². The maximum atomic E-state index is 12.9. The maximum Gasteiger partial charge on any atom is 0.315 e. The molecule has 1 saturated heterocycles. The molecule has 10 heteroatoms. The van der Waals surface area contributed by atoms with Gasteiger partial charge in [-0.25, -0.2) is 9.78 Å². The SMILES string of the molecule is CC(=O)[C@@H](Cc1ccccc1)NC(=O)NCc1ccc(C2O[C@H](CSc3nc(-c4ccccc4)c(-c4ccccc4)o3)[C@@H](c3ccccc3)[C@H](c3ccc(CO)cc3)O2)cc1. The summed E-state index contributed by atoms with van der Waals surface area (Å²) in [4.78, 5) is 30.3. The number of hydrogen-bond donors (Lipinski definition) is 3. The van der Waals surface area contributed by atoms with Gasteiger partial charge in [0.15, 0.2) is 17.8 Å². The summed E-state index contributed by atoms with van der Waals surface area (Å²) in [7, 11) is 0. The van der Waals surface area contributed by atoms with Crippen molar-refractivity contribution in [2.24, 2.45) is 0 Å². The van der Waals surface area contributed by atoms with Gasteiger partial charge in [-0.15, -0.1) is 0 Å². The zero-order valence-corrected chi connectivity index (χ0v) is 34.5. The highest BCUT2D eigenvalue weighted by molar-refractivity contribution is 7.99. The minimum absolute atomic E-state index is 0.0567. The Morgan fingerprint density at radius 2 is 1.26 bits per heavy atom. The van der Waals surface area contributed by atoms with Crippen molar-refractivity contribution in [3.63, 3.8) is 0 Å². The summed E-state index contributed by atoms with van der Waals surface area (Å²) in [5.41, 5.74) is 8.20. The lowest BCUT2D eigenvalue weighted by molar-refractivity contribution is -0.255. The highest BCUT2D eigenvalue weighted by Crippen LogP contribution is 2.48. The predicted octanol–water partition coefficient (Wildman–Crippen LogP) is 10.2. The van der Waals surface area contributed by atoms with E-state index in [9.17, 15) is 14.7 Å². The standard InChI is InChI=1S/C51H47N3O6S/c1-34(56)43(30-35-14-6-2-7-15-35)53-50(57)52-31-36-22-28-42(29-23-36)49-58-44(45(38-16-8-3-9-17-38)47(59-49)41-26-24-37(32-55)25-27-41)33-61-51-54-46(39-18-10-4-11-19-39)48(60-51)40-20-12-5-13-21-40/h2-29,43-45,47,49,55H,30-33H2,1H3,(H2,52,53,57)/t43-,44-,45-,47+,49?/m1/s1. The Labute approximate surface area is 360 Å². The molecule has 9 nitrogen and oxygen atoms in total. The van der Waals surface area contributed by atoms with E-state index in [2.05, 4.69) is 22.8 Å². The van der Waals surface area contributed by atoms with Crippen LogP contribution in [-0.2, 0) is 33.8 Å². The molecule has 0 radical (unpaired) electrons. The minimum atomic E-state index is -0.725. The fraction of sp³-hybridized carbons (Fsp3) is 0.196. The molecule has 5 atom stereocenters. The lowest BCUT2D eigenvalue weighted by Gasteiger charge is -2.43. The van der Waals surface area contributed by atoms with Gasteiger partial charge in [0.1, 0.15) is 5.69 Å². The summed E-state index contributed by atoms with van der Waals surface area (Å²) >= 11 is 1.51. The molecule has 308 valence electrons. The topological polar surface area (TPSA) is 123 Å². The smallest absolute Gasteiger partial charge is 0.315 e. The molecule has 1 fully saturated rings. The molecule has 1 aromatic heterocycles. The quantitative estimate of drug-likeness (QED) is 0.0874. The molecule has 0 spiro atoms. The Morgan fingerprint density at radius 3 is 1.90 bits per heavy atom. The van der Waals surface area contributed by atoms with E-state index in [1.807, 2.05) is 158 Å². The summed E-state index contributed by atoms with van der Waals surface area (Å²) in [6.07, 6.45) is -1.06. The molecule has 7 aromatic rings. The first kappa shape index (κ1) is 41.4. The number of ether oxygens (including phenoxy) is 2. The Balaban J connectivity index is 1.04. The fourth-order valence-electron chi connectivity index (χ4n) is 7.57. The number of rotatable bonds is 15. The third-order valence-electron chi connectivity index (χ3n) is 10.8. The van der Waals surface area contributed by atoms with E-state index in [4.69, 9.17) is 18.9 Å². The van der Waals surface area contributed by atoms with Crippen LogP contribution in [0.3, 0.4) is 0 Å². The van der Waals surface area contributed by atoms with Crippen LogP contribution in [0.4, 0.5) is 4.79 Å². The van der Waals surface area contributed by atoms with Gasteiger partial charge in [0.2, 0.25) is 0 Å². The van der Waals surface area contributed by atoms with Gasteiger partial charge in [-0.3, -0.25) is 4.79 Å². The van der Waals surface area contributed by atoms with Crippen LogP contribution in [0, 0.1) is 0 Å². The second kappa shape index (κ2) is 19.8. The van der Waals surface area contributed by atoms with Gasteiger partial charge < -0.3 is 29.6 Å². The van der Waals surface area contributed by atoms with Crippen LogP contribution in [0.25, 0.3) is 22.6 Å². The summed E-state index contributed by atoms with van der Waals surface area (Å²) in [6.45, 7) is 1.69. The van der Waals surface area contributed by atoms with Crippen molar-refractivity contribution < 1.29 is 28.6 Å². The number of aromatic nitrogens is 1. The van der Waals surface area contributed by atoms with Gasteiger partial charge in [-0.2, -0.15) is 0 Å². The Hall–Kier alpha value is -6.30. The lowest BCUT2D eigenvalue weighted by Crippen LogP contribution is -2.46. The van der Waals surface area contributed by atoms with Crippen molar-refractivity contribution in [2.45, 2.75) is 62.2 Å². The van der Waals surface area contributed by atoms with Gasteiger partial charge in [-0.05, 0) is 41.2 Å². The molecule has 6 aromatic carbocycles. The molecule has 1 aliphatic heterocycles. The highest BCUT2D eigenvalue weighted by atomic mass is 32.2. The van der Waals surface area contributed by atoms with Gasteiger partial charge in [-0.1, -0.05) is 182 Å². The number of urea groups is 1. The molecule has 1 aliphatic rings. The second-order valence-electron chi connectivity index (χ2n) is 15.0. The van der Waals surface area contributed by atoms with Crippen LogP contribution in [0.1, 0.15) is 58.6 Å². The molecular formula is C51H47N3O6S. The van der Waals surface area contributed by atoms with Crippen molar-refractivity contribution in [1.29, 1.82) is 0 Å². The summed E-state index contributed by atoms with van der Waals surface area (Å²) in [6, 6.07) is 54.6.